The molecule has 0 radical (unpaired) electrons. The van der Waals surface area contributed by atoms with Gasteiger partial charge in [0.25, 0.3) is 0 Å². The van der Waals surface area contributed by atoms with E-state index in [1.54, 1.807) is 13.2 Å². The first-order valence-corrected chi connectivity index (χ1v) is 5.81. The molecule has 0 saturated heterocycles. The summed E-state index contributed by atoms with van der Waals surface area (Å²) in [6.07, 6.45) is 2.46. The van der Waals surface area contributed by atoms with Gasteiger partial charge in [0.05, 0.1) is 13.2 Å². The van der Waals surface area contributed by atoms with Gasteiger partial charge in [-0.1, -0.05) is 6.07 Å². The Morgan fingerprint density at radius 1 is 1.35 bits per heavy atom. The van der Waals surface area contributed by atoms with E-state index in [1.807, 2.05) is 6.07 Å². The zero-order valence-corrected chi connectivity index (χ0v) is 10.2. The third-order valence-electron chi connectivity index (χ3n) is 3.24. The zero-order chi connectivity index (χ0) is 12.3. The highest BCUT2D eigenvalue weighted by Crippen LogP contribution is 2.23. The van der Waals surface area contributed by atoms with E-state index in [-0.39, 0.29) is 11.6 Å². The van der Waals surface area contributed by atoms with Crippen LogP contribution in [-0.4, -0.2) is 26.4 Å². The largest absolute Gasteiger partial charge is 0.494 e. The Morgan fingerprint density at radius 3 is 2.71 bits per heavy atom. The lowest BCUT2D eigenvalue weighted by molar-refractivity contribution is 0.0170. The third-order valence-corrected chi connectivity index (χ3v) is 3.24. The van der Waals surface area contributed by atoms with Gasteiger partial charge >= 0.3 is 0 Å². The molecule has 0 bridgehead atoms. The third kappa shape index (κ3) is 2.96. The van der Waals surface area contributed by atoms with Crippen molar-refractivity contribution in [3.63, 3.8) is 0 Å². The molecule has 2 rings (SSSR count). The van der Waals surface area contributed by atoms with Crippen molar-refractivity contribution in [1.82, 2.24) is 5.32 Å². The molecule has 0 unspecified atom stereocenters. The van der Waals surface area contributed by atoms with Crippen LogP contribution >= 0.6 is 0 Å². The molecule has 0 aliphatic heterocycles. The summed E-state index contributed by atoms with van der Waals surface area (Å²) in [4.78, 5) is 0. The molecular weight excluding hydrogens is 221 g/mol. The van der Waals surface area contributed by atoms with Crippen LogP contribution in [-0.2, 0) is 11.3 Å². The van der Waals surface area contributed by atoms with E-state index < -0.39 is 0 Å². The first kappa shape index (κ1) is 12.3. The van der Waals surface area contributed by atoms with Gasteiger partial charge in [-0.05, 0) is 30.5 Å². The Morgan fingerprint density at radius 2 is 2.12 bits per heavy atom. The summed E-state index contributed by atoms with van der Waals surface area (Å²) >= 11 is 0. The van der Waals surface area contributed by atoms with Crippen LogP contribution in [0.4, 0.5) is 4.39 Å². The molecule has 0 amide bonds. The van der Waals surface area contributed by atoms with Crippen molar-refractivity contribution in [3.05, 3.63) is 29.6 Å². The standard InChI is InChI=1S/C13H18FNO2/c1-16-11-6-10(7-11)15-8-9-3-4-13(17-2)12(14)5-9/h3-5,10-11,15H,6-8H2,1-2H3. The Bertz CT molecular complexity index is 378. The van der Waals surface area contributed by atoms with E-state index in [2.05, 4.69) is 5.32 Å². The van der Waals surface area contributed by atoms with Crippen LogP contribution in [0.5, 0.6) is 5.75 Å². The van der Waals surface area contributed by atoms with Gasteiger partial charge in [-0.15, -0.1) is 0 Å². The van der Waals surface area contributed by atoms with Gasteiger partial charge in [0.15, 0.2) is 11.6 Å². The predicted octanol–water partition coefficient (Wildman–Crippen LogP) is 2.10. The van der Waals surface area contributed by atoms with Crippen LogP contribution in [0.3, 0.4) is 0 Å². The van der Waals surface area contributed by atoms with E-state index in [0.717, 1.165) is 18.4 Å². The number of hydrogen-bond donors (Lipinski definition) is 1. The Labute approximate surface area is 101 Å². The SMILES string of the molecule is COc1ccc(CNC2CC(OC)C2)cc1F. The number of rotatable bonds is 5. The molecule has 1 aliphatic carbocycles. The number of hydrogen-bond acceptors (Lipinski definition) is 3. The maximum atomic E-state index is 13.4. The second-order valence-corrected chi connectivity index (χ2v) is 4.38. The van der Waals surface area contributed by atoms with Crippen molar-refractivity contribution in [2.45, 2.75) is 31.5 Å². The second kappa shape index (κ2) is 5.47. The molecule has 1 aromatic rings. The van der Waals surface area contributed by atoms with Crippen LogP contribution in [0, 0.1) is 5.82 Å². The van der Waals surface area contributed by atoms with Gasteiger partial charge < -0.3 is 14.8 Å². The molecule has 94 valence electrons. The highest BCUT2D eigenvalue weighted by Gasteiger charge is 2.28. The molecule has 17 heavy (non-hydrogen) atoms. The molecule has 1 N–H and O–H groups in total. The highest BCUT2D eigenvalue weighted by atomic mass is 19.1. The predicted molar refractivity (Wildman–Crippen MR) is 63.6 cm³/mol. The lowest BCUT2D eigenvalue weighted by Crippen LogP contribution is -2.44. The van der Waals surface area contributed by atoms with Crippen molar-refractivity contribution in [2.24, 2.45) is 0 Å². The Kier molecular flexibility index (Phi) is 3.97. The summed E-state index contributed by atoms with van der Waals surface area (Å²) in [6.45, 7) is 0.683. The summed E-state index contributed by atoms with van der Waals surface area (Å²) in [7, 11) is 3.20. The van der Waals surface area contributed by atoms with Gasteiger partial charge in [0.1, 0.15) is 0 Å². The normalized spacial score (nSPS) is 23.2. The maximum Gasteiger partial charge on any atom is 0.165 e. The van der Waals surface area contributed by atoms with Crippen LogP contribution < -0.4 is 10.1 Å². The number of ether oxygens (including phenoxy) is 2. The summed E-state index contributed by atoms with van der Waals surface area (Å²) in [5, 5.41) is 3.38. The Hall–Kier alpha value is -1.13. The molecule has 0 aromatic heterocycles. The number of methoxy groups -OCH3 is 2. The number of nitrogens with one attached hydrogen (secondary N) is 1. The lowest BCUT2D eigenvalue weighted by atomic mass is 9.89. The minimum atomic E-state index is -0.310. The summed E-state index contributed by atoms with van der Waals surface area (Å²) < 4.78 is 23.5. The van der Waals surface area contributed by atoms with Crippen molar-refractivity contribution in [2.75, 3.05) is 14.2 Å². The highest BCUT2D eigenvalue weighted by molar-refractivity contribution is 5.29. The van der Waals surface area contributed by atoms with Gasteiger partial charge in [-0.3, -0.25) is 0 Å². The Balaban J connectivity index is 1.81. The van der Waals surface area contributed by atoms with Crippen LogP contribution in [0.15, 0.2) is 18.2 Å². The first-order chi connectivity index (χ1) is 8.22. The fourth-order valence-corrected chi connectivity index (χ4v) is 2.01. The van der Waals surface area contributed by atoms with Crippen molar-refractivity contribution >= 4 is 0 Å². The number of benzene rings is 1. The molecule has 1 aromatic carbocycles. The summed E-state index contributed by atoms with van der Waals surface area (Å²) in [5.41, 5.74) is 0.934. The molecule has 3 nitrogen and oxygen atoms in total. The van der Waals surface area contributed by atoms with Gasteiger partial charge in [0.2, 0.25) is 0 Å². The van der Waals surface area contributed by atoms with Crippen molar-refractivity contribution in [3.8, 4) is 5.75 Å². The van der Waals surface area contributed by atoms with Gasteiger partial charge in [0, 0.05) is 19.7 Å². The second-order valence-electron chi connectivity index (χ2n) is 4.38. The molecule has 1 saturated carbocycles. The minimum absolute atomic E-state index is 0.289. The zero-order valence-electron chi connectivity index (χ0n) is 10.2. The van der Waals surface area contributed by atoms with E-state index >= 15 is 0 Å². The smallest absolute Gasteiger partial charge is 0.165 e. The monoisotopic (exact) mass is 239 g/mol. The molecule has 0 atom stereocenters. The quantitative estimate of drug-likeness (QED) is 0.853. The van der Waals surface area contributed by atoms with Crippen molar-refractivity contribution in [1.29, 1.82) is 0 Å². The fourth-order valence-electron chi connectivity index (χ4n) is 2.01. The molecule has 1 aliphatic rings. The van der Waals surface area contributed by atoms with Crippen molar-refractivity contribution < 1.29 is 13.9 Å². The van der Waals surface area contributed by atoms with Gasteiger partial charge in [-0.2, -0.15) is 0 Å². The molecule has 0 spiro atoms. The number of halogens is 1. The lowest BCUT2D eigenvalue weighted by Gasteiger charge is -2.34. The maximum absolute atomic E-state index is 13.4. The molecule has 1 fully saturated rings. The molecule has 4 heteroatoms. The average molecular weight is 239 g/mol. The van der Waals surface area contributed by atoms with Crippen LogP contribution in [0.1, 0.15) is 18.4 Å². The van der Waals surface area contributed by atoms with E-state index in [0.29, 0.717) is 18.7 Å². The first-order valence-electron chi connectivity index (χ1n) is 5.81. The summed E-state index contributed by atoms with van der Waals surface area (Å²) in [6, 6.07) is 5.54. The van der Waals surface area contributed by atoms with E-state index in [4.69, 9.17) is 9.47 Å². The summed E-state index contributed by atoms with van der Waals surface area (Å²) in [5.74, 6) is -0.0213. The fraction of sp³-hybridized carbons (Fsp3) is 0.538. The average Bonchev–Trinajstić information content (AvgIpc) is 2.27. The topological polar surface area (TPSA) is 30.5 Å². The van der Waals surface area contributed by atoms with Gasteiger partial charge in [-0.25, -0.2) is 4.39 Å². The minimum Gasteiger partial charge on any atom is -0.494 e. The molecular formula is C13H18FNO2. The molecule has 0 heterocycles. The van der Waals surface area contributed by atoms with E-state index in [9.17, 15) is 4.39 Å². The van der Waals surface area contributed by atoms with Crippen LogP contribution in [0.2, 0.25) is 0 Å². The van der Waals surface area contributed by atoms with E-state index in [1.165, 1.54) is 13.2 Å². The van der Waals surface area contributed by atoms with Crippen LogP contribution in [0.25, 0.3) is 0 Å².